The van der Waals surface area contributed by atoms with Crippen LogP contribution in [0.2, 0.25) is 5.02 Å². The van der Waals surface area contributed by atoms with E-state index in [9.17, 15) is 9.59 Å². The summed E-state index contributed by atoms with van der Waals surface area (Å²) < 4.78 is 8.33. The minimum atomic E-state index is -0.288. The van der Waals surface area contributed by atoms with Gasteiger partial charge in [-0.2, -0.15) is 0 Å². The molecule has 2 aromatic carbocycles. The van der Waals surface area contributed by atoms with Crippen LogP contribution in [0.3, 0.4) is 0 Å². The Bertz CT molecular complexity index is 1260. The van der Waals surface area contributed by atoms with Crippen LogP contribution in [0.5, 0.6) is 5.88 Å². The summed E-state index contributed by atoms with van der Waals surface area (Å²) in [5.74, 6) is 0.254. The van der Waals surface area contributed by atoms with Crippen LogP contribution in [-0.4, -0.2) is 32.2 Å². The second kappa shape index (κ2) is 7.52. The van der Waals surface area contributed by atoms with Gasteiger partial charge < -0.3 is 9.30 Å². The van der Waals surface area contributed by atoms with E-state index in [1.54, 1.807) is 54.3 Å². The van der Waals surface area contributed by atoms with Gasteiger partial charge in [0.25, 0.3) is 11.4 Å². The lowest BCUT2D eigenvalue weighted by Gasteiger charge is -2.09. The molecule has 2 heterocycles. The fourth-order valence-electron chi connectivity index (χ4n) is 3.13. The van der Waals surface area contributed by atoms with E-state index in [2.05, 4.69) is 10.1 Å². The van der Waals surface area contributed by atoms with Gasteiger partial charge in [0, 0.05) is 29.7 Å². The fourth-order valence-corrected chi connectivity index (χ4v) is 3.25. The lowest BCUT2D eigenvalue weighted by molar-refractivity contribution is 0.103. The number of nitrogens with zero attached hydrogens (tertiary/aromatic N) is 4. The summed E-state index contributed by atoms with van der Waals surface area (Å²) in [5, 5.41) is 4.73. The van der Waals surface area contributed by atoms with Gasteiger partial charge in [-0.05, 0) is 29.8 Å². The molecule has 146 valence electrons. The number of halogens is 1. The number of aromatic nitrogens is 4. The zero-order valence-electron chi connectivity index (χ0n) is 15.8. The van der Waals surface area contributed by atoms with E-state index in [1.807, 2.05) is 12.1 Å². The molecule has 0 bridgehead atoms. The quantitative estimate of drug-likeness (QED) is 0.474. The Morgan fingerprint density at radius 2 is 1.69 bits per heavy atom. The molecule has 4 rings (SSSR count). The van der Waals surface area contributed by atoms with Gasteiger partial charge in [0.05, 0.1) is 13.4 Å². The van der Waals surface area contributed by atoms with Gasteiger partial charge in [-0.25, -0.2) is 9.67 Å². The lowest BCUT2D eigenvalue weighted by atomic mass is 10.0. The highest BCUT2D eigenvalue weighted by molar-refractivity contribution is 6.30. The van der Waals surface area contributed by atoms with E-state index in [1.165, 1.54) is 11.8 Å². The van der Waals surface area contributed by atoms with Crippen LogP contribution in [0.1, 0.15) is 21.5 Å². The predicted octanol–water partition coefficient (Wildman–Crippen LogP) is 3.07. The van der Waals surface area contributed by atoms with Gasteiger partial charge in [0.2, 0.25) is 0 Å². The fraction of sp³-hybridized carbons (Fsp3) is 0.143. The van der Waals surface area contributed by atoms with E-state index < -0.39 is 0 Å². The van der Waals surface area contributed by atoms with Crippen LogP contribution in [0, 0.1) is 0 Å². The molecule has 0 radical (unpaired) electrons. The number of ether oxygens (including phenoxy) is 1. The molecule has 7 nitrogen and oxygen atoms in total. The zero-order chi connectivity index (χ0) is 20.5. The highest BCUT2D eigenvalue weighted by Crippen LogP contribution is 2.21. The second-order valence-electron chi connectivity index (χ2n) is 6.54. The first-order valence-corrected chi connectivity index (χ1v) is 9.21. The molecule has 0 aliphatic heterocycles. The SMILES string of the molecule is COc1nn(C)c(=O)c2ncn(Cc3ccc(C(=O)c4ccc(Cl)cc4)cc3)c12. The maximum atomic E-state index is 12.6. The molecule has 0 atom stereocenters. The van der Waals surface area contributed by atoms with E-state index in [-0.39, 0.29) is 11.3 Å². The molecule has 8 heteroatoms. The average molecular weight is 409 g/mol. The van der Waals surface area contributed by atoms with Crippen molar-refractivity contribution in [3.05, 3.63) is 86.9 Å². The van der Waals surface area contributed by atoms with Crippen LogP contribution in [0.4, 0.5) is 0 Å². The minimum Gasteiger partial charge on any atom is -0.478 e. The summed E-state index contributed by atoms with van der Waals surface area (Å²) in [6, 6.07) is 14.1. The highest BCUT2D eigenvalue weighted by atomic mass is 35.5. The number of methoxy groups -OCH3 is 1. The van der Waals surface area contributed by atoms with E-state index in [0.717, 1.165) is 5.56 Å². The topological polar surface area (TPSA) is 79.0 Å². The van der Waals surface area contributed by atoms with E-state index in [0.29, 0.717) is 39.6 Å². The van der Waals surface area contributed by atoms with Crippen molar-refractivity contribution in [2.24, 2.45) is 7.05 Å². The van der Waals surface area contributed by atoms with Crippen molar-refractivity contribution in [3.63, 3.8) is 0 Å². The van der Waals surface area contributed by atoms with E-state index >= 15 is 0 Å². The Labute approximate surface area is 171 Å². The average Bonchev–Trinajstić information content (AvgIpc) is 3.15. The van der Waals surface area contributed by atoms with Crippen molar-refractivity contribution in [2.45, 2.75) is 6.54 Å². The molecule has 0 N–H and O–H groups in total. The molecule has 0 saturated carbocycles. The number of aryl methyl sites for hydroxylation is 1. The summed E-state index contributed by atoms with van der Waals surface area (Å²) in [6.45, 7) is 0.455. The Kier molecular flexibility index (Phi) is 4.90. The molecular weight excluding hydrogens is 392 g/mol. The van der Waals surface area contributed by atoms with Crippen LogP contribution in [0.25, 0.3) is 11.0 Å². The Morgan fingerprint density at radius 1 is 1.07 bits per heavy atom. The number of benzene rings is 2. The van der Waals surface area contributed by atoms with Crippen molar-refractivity contribution in [3.8, 4) is 5.88 Å². The van der Waals surface area contributed by atoms with Crippen molar-refractivity contribution in [1.82, 2.24) is 19.3 Å². The number of carbonyl (C=O) groups is 1. The van der Waals surface area contributed by atoms with Gasteiger partial charge in [-0.3, -0.25) is 9.59 Å². The Balaban J connectivity index is 1.63. The first kappa shape index (κ1) is 18.9. The van der Waals surface area contributed by atoms with Crippen molar-refractivity contribution in [2.75, 3.05) is 7.11 Å². The maximum Gasteiger partial charge on any atom is 0.294 e. The van der Waals surface area contributed by atoms with Crippen LogP contribution in [0.15, 0.2) is 59.7 Å². The molecule has 0 spiro atoms. The summed E-state index contributed by atoms with van der Waals surface area (Å²) in [7, 11) is 3.06. The van der Waals surface area contributed by atoms with Crippen molar-refractivity contribution in [1.29, 1.82) is 0 Å². The van der Waals surface area contributed by atoms with Gasteiger partial charge in [0.1, 0.15) is 5.52 Å². The number of rotatable bonds is 5. The predicted molar refractivity (Wildman–Crippen MR) is 110 cm³/mol. The molecule has 2 aromatic heterocycles. The third-order valence-corrected chi connectivity index (χ3v) is 4.90. The number of hydrogen-bond donors (Lipinski definition) is 0. The van der Waals surface area contributed by atoms with Gasteiger partial charge in [-0.15, -0.1) is 5.10 Å². The number of fused-ring (bicyclic) bond motifs is 1. The number of imidazole rings is 1. The first-order chi connectivity index (χ1) is 14.0. The second-order valence-corrected chi connectivity index (χ2v) is 6.98. The monoisotopic (exact) mass is 408 g/mol. The van der Waals surface area contributed by atoms with Crippen molar-refractivity contribution >= 4 is 28.4 Å². The smallest absolute Gasteiger partial charge is 0.294 e. The molecule has 0 fully saturated rings. The minimum absolute atomic E-state index is 0.0735. The summed E-state index contributed by atoms with van der Waals surface area (Å²) >= 11 is 5.88. The molecule has 0 amide bonds. The van der Waals surface area contributed by atoms with Crippen LogP contribution in [-0.2, 0) is 13.6 Å². The molecule has 29 heavy (non-hydrogen) atoms. The molecule has 0 unspecified atom stereocenters. The molecular formula is C21H17ClN4O3. The molecule has 0 saturated heterocycles. The highest BCUT2D eigenvalue weighted by Gasteiger charge is 2.16. The first-order valence-electron chi connectivity index (χ1n) is 8.83. The standard InChI is InChI=1S/C21H17ClN4O3/c1-25-21(28)17-18(20(24-25)29-2)26(12-23-17)11-13-3-5-14(6-4-13)19(27)15-7-9-16(22)10-8-15/h3-10,12H,11H2,1-2H3. The third kappa shape index (κ3) is 3.52. The third-order valence-electron chi connectivity index (χ3n) is 4.65. The summed E-state index contributed by atoms with van der Waals surface area (Å²) in [4.78, 5) is 29.1. The normalized spacial score (nSPS) is 11.0. The zero-order valence-corrected chi connectivity index (χ0v) is 16.6. The molecule has 4 aromatic rings. The van der Waals surface area contributed by atoms with Gasteiger partial charge in [-0.1, -0.05) is 35.9 Å². The lowest BCUT2D eigenvalue weighted by Crippen LogP contribution is -2.20. The number of ketones is 1. The largest absolute Gasteiger partial charge is 0.478 e. The van der Waals surface area contributed by atoms with Gasteiger partial charge in [0.15, 0.2) is 11.3 Å². The van der Waals surface area contributed by atoms with Crippen LogP contribution < -0.4 is 10.3 Å². The van der Waals surface area contributed by atoms with Crippen LogP contribution >= 0.6 is 11.6 Å². The van der Waals surface area contributed by atoms with Crippen molar-refractivity contribution < 1.29 is 9.53 Å². The molecule has 0 aliphatic carbocycles. The Morgan fingerprint density at radius 3 is 2.31 bits per heavy atom. The van der Waals surface area contributed by atoms with E-state index in [4.69, 9.17) is 16.3 Å². The molecule has 0 aliphatic rings. The summed E-state index contributed by atoms with van der Waals surface area (Å²) in [6.07, 6.45) is 1.59. The number of carbonyl (C=O) groups excluding carboxylic acids is 1. The van der Waals surface area contributed by atoms with Gasteiger partial charge >= 0.3 is 0 Å². The maximum absolute atomic E-state index is 12.6. The Hall–Kier alpha value is -3.45. The number of hydrogen-bond acceptors (Lipinski definition) is 5. The summed E-state index contributed by atoms with van der Waals surface area (Å²) in [5.41, 5.74) is 2.66.